The maximum Gasteiger partial charge on any atom is 0.0539 e. The van der Waals surface area contributed by atoms with E-state index in [4.69, 9.17) is 0 Å². The molecule has 0 aromatic carbocycles. The minimum Gasteiger partial charge on any atom is -0.300 e. The van der Waals surface area contributed by atoms with Gasteiger partial charge < -0.3 is 4.90 Å². The molecule has 2 saturated carbocycles. The Balaban J connectivity index is 2.09. The summed E-state index contributed by atoms with van der Waals surface area (Å²) in [6.45, 7) is 6.78. The van der Waals surface area contributed by atoms with Crippen molar-refractivity contribution < 1.29 is 0 Å². The zero-order valence-electron chi connectivity index (χ0n) is 16.0. The molecule has 5 nitrogen and oxygen atoms in total. The van der Waals surface area contributed by atoms with Crippen LogP contribution < -0.4 is 0 Å². The van der Waals surface area contributed by atoms with E-state index in [9.17, 15) is 9.81 Å². The standard InChI is InChI=1S/C19H34N3O2S2/c1-2-3-10-15-22(16-18(25-20-23)11-6-4-7-12-18)17-19(26-21-24)13-8-5-9-14-19/h1-17H2. The summed E-state index contributed by atoms with van der Waals surface area (Å²) in [5, 5.41) is 0. The Hall–Kier alpha value is -0.140. The van der Waals surface area contributed by atoms with Gasteiger partial charge in [-0.3, -0.25) is 0 Å². The quantitative estimate of drug-likeness (QED) is 0.212. The monoisotopic (exact) mass is 400 g/mol. The second-order valence-corrected chi connectivity index (χ2v) is 10.5. The van der Waals surface area contributed by atoms with Crippen LogP contribution in [0, 0.1) is 16.7 Å². The normalized spacial score (nSPS) is 22.2. The van der Waals surface area contributed by atoms with Crippen molar-refractivity contribution >= 4 is 23.9 Å². The SMILES string of the molecule is [CH2]CCCCN(CC1(SN=O)CCCCC1)CC1(SN=O)CCCCC1. The molecule has 7 heteroatoms. The lowest BCUT2D eigenvalue weighted by Gasteiger charge is -2.43. The Morgan fingerprint density at radius 3 is 1.62 bits per heavy atom. The lowest BCUT2D eigenvalue weighted by molar-refractivity contribution is 0.183. The minimum absolute atomic E-state index is 0.0421. The molecule has 0 N–H and O–H groups in total. The van der Waals surface area contributed by atoms with Crippen LogP contribution in [0.2, 0.25) is 0 Å². The van der Waals surface area contributed by atoms with Crippen LogP contribution in [0.3, 0.4) is 0 Å². The largest absolute Gasteiger partial charge is 0.300 e. The number of nitroso groups, excluding NO2 is 2. The average Bonchev–Trinajstić information content (AvgIpc) is 2.64. The molecule has 149 valence electrons. The molecular weight excluding hydrogens is 366 g/mol. The van der Waals surface area contributed by atoms with Crippen LogP contribution in [0.5, 0.6) is 0 Å². The number of unbranched alkanes of at least 4 members (excludes halogenated alkanes) is 2. The number of hydrogen-bond acceptors (Lipinski definition) is 7. The van der Waals surface area contributed by atoms with Crippen LogP contribution in [0.15, 0.2) is 9.16 Å². The highest BCUT2D eigenvalue weighted by molar-refractivity contribution is 7.99. The molecule has 1 radical (unpaired) electrons. The predicted molar refractivity (Wildman–Crippen MR) is 114 cm³/mol. The van der Waals surface area contributed by atoms with Gasteiger partial charge in [0, 0.05) is 46.1 Å². The van der Waals surface area contributed by atoms with Gasteiger partial charge >= 0.3 is 0 Å². The third-order valence-corrected chi connectivity index (χ3v) is 7.99. The number of rotatable bonds is 12. The van der Waals surface area contributed by atoms with Crippen LogP contribution in [-0.2, 0) is 0 Å². The van der Waals surface area contributed by atoms with Crippen molar-refractivity contribution in [2.75, 3.05) is 19.6 Å². The maximum atomic E-state index is 11.1. The number of hydrogen-bond donors (Lipinski definition) is 0. The summed E-state index contributed by atoms with van der Waals surface area (Å²) in [5.41, 5.74) is 0. The molecule has 26 heavy (non-hydrogen) atoms. The van der Waals surface area contributed by atoms with Gasteiger partial charge in [0.2, 0.25) is 0 Å². The van der Waals surface area contributed by atoms with E-state index in [0.717, 1.165) is 64.6 Å². The Bertz CT molecular complexity index is 391. The average molecular weight is 401 g/mol. The first-order chi connectivity index (χ1) is 12.7. The van der Waals surface area contributed by atoms with E-state index >= 15 is 0 Å². The maximum absolute atomic E-state index is 11.1. The van der Waals surface area contributed by atoms with Crippen molar-refractivity contribution in [3.05, 3.63) is 16.7 Å². The van der Waals surface area contributed by atoms with Crippen LogP contribution in [0.1, 0.15) is 83.5 Å². The molecule has 0 bridgehead atoms. The van der Waals surface area contributed by atoms with Gasteiger partial charge in [-0.05, 0) is 38.6 Å². The predicted octanol–water partition coefficient (Wildman–Crippen LogP) is 6.53. The van der Waals surface area contributed by atoms with Gasteiger partial charge in [0.05, 0.1) is 9.49 Å². The highest BCUT2D eigenvalue weighted by Crippen LogP contribution is 2.44. The molecule has 0 unspecified atom stereocenters. The van der Waals surface area contributed by atoms with Crippen LogP contribution in [0.4, 0.5) is 0 Å². The third-order valence-electron chi connectivity index (χ3n) is 5.99. The Morgan fingerprint density at radius 1 is 0.769 bits per heavy atom. The van der Waals surface area contributed by atoms with E-state index in [1.807, 2.05) is 0 Å². The summed E-state index contributed by atoms with van der Waals surface area (Å²) in [6.07, 6.45) is 14.7. The minimum atomic E-state index is -0.0421. The molecule has 0 atom stereocenters. The van der Waals surface area contributed by atoms with Crippen molar-refractivity contribution in [2.45, 2.75) is 93.0 Å². The molecule has 2 aliphatic rings. The molecule has 0 aliphatic heterocycles. The van der Waals surface area contributed by atoms with Crippen molar-refractivity contribution in [3.8, 4) is 0 Å². The van der Waals surface area contributed by atoms with E-state index in [1.54, 1.807) is 0 Å². The summed E-state index contributed by atoms with van der Waals surface area (Å²) in [5.74, 6) is 0. The fraction of sp³-hybridized carbons (Fsp3) is 0.947. The van der Waals surface area contributed by atoms with E-state index in [-0.39, 0.29) is 9.49 Å². The highest BCUT2D eigenvalue weighted by Gasteiger charge is 2.40. The van der Waals surface area contributed by atoms with Gasteiger partial charge in [0.25, 0.3) is 0 Å². The molecule has 2 fully saturated rings. The molecule has 0 heterocycles. The van der Waals surface area contributed by atoms with Crippen molar-refractivity contribution in [2.24, 2.45) is 9.16 Å². The molecular formula is C19H34N3O2S2. The molecule has 0 spiro atoms. The van der Waals surface area contributed by atoms with E-state index in [0.29, 0.717) is 0 Å². The van der Waals surface area contributed by atoms with Crippen LogP contribution >= 0.6 is 23.9 Å². The van der Waals surface area contributed by atoms with Crippen molar-refractivity contribution in [1.82, 2.24) is 4.90 Å². The van der Waals surface area contributed by atoms with Crippen molar-refractivity contribution in [1.29, 1.82) is 0 Å². The summed E-state index contributed by atoms with van der Waals surface area (Å²) in [6, 6.07) is 0. The Morgan fingerprint density at radius 2 is 1.23 bits per heavy atom. The zero-order valence-corrected chi connectivity index (χ0v) is 17.6. The first-order valence-electron chi connectivity index (χ1n) is 10.2. The van der Waals surface area contributed by atoms with Gasteiger partial charge in [0.1, 0.15) is 0 Å². The fourth-order valence-corrected chi connectivity index (χ4v) is 6.39. The van der Waals surface area contributed by atoms with Gasteiger partial charge in [0.15, 0.2) is 0 Å². The van der Waals surface area contributed by atoms with E-state index < -0.39 is 0 Å². The van der Waals surface area contributed by atoms with Gasteiger partial charge in [-0.15, -0.1) is 9.81 Å². The zero-order chi connectivity index (χ0) is 18.7. The van der Waals surface area contributed by atoms with Gasteiger partial charge in [-0.1, -0.05) is 58.3 Å². The molecule has 0 aromatic heterocycles. The third kappa shape index (κ3) is 6.79. The summed E-state index contributed by atoms with van der Waals surface area (Å²) >= 11 is 2.53. The lowest BCUT2D eigenvalue weighted by atomic mass is 9.85. The van der Waals surface area contributed by atoms with E-state index in [2.05, 4.69) is 21.0 Å². The second kappa shape index (κ2) is 11.6. The molecule has 2 aliphatic carbocycles. The lowest BCUT2D eigenvalue weighted by Crippen LogP contribution is -2.48. The highest BCUT2D eigenvalue weighted by atomic mass is 32.2. The van der Waals surface area contributed by atoms with Crippen LogP contribution in [-0.4, -0.2) is 34.0 Å². The summed E-state index contributed by atoms with van der Waals surface area (Å²) < 4.78 is 6.39. The molecule has 0 aromatic rings. The van der Waals surface area contributed by atoms with E-state index in [1.165, 1.54) is 62.4 Å². The number of nitrogens with zero attached hydrogens (tertiary/aromatic N) is 3. The summed E-state index contributed by atoms with van der Waals surface area (Å²) in [7, 11) is 0. The second-order valence-electron chi connectivity index (χ2n) is 8.09. The Labute approximate surface area is 167 Å². The Kier molecular flexibility index (Phi) is 9.92. The first kappa shape index (κ1) is 22.2. The van der Waals surface area contributed by atoms with Crippen LogP contribution in [0.25, 0.3) is 0 Å². The smallest absolute Gasteiger partial charge is 0.0539 e. The van der Waals surface area contributed by atoms with Gasteiger partial charge in [-0.2, -0.15) is 0 Å². The molecule has 0 saturated heterocycles. The first-order valence-corrected chi connectivity index (χ1v) is 11.8. The summed E-state index contributed by atoms with van der Waals surface area (Å²) in [4.78, 5) is 24.7. The fourth-order valence-electron chi connectivity index (χ4n) is 4.65. The van der Waals surface area contributed by atoms with Crippen molar-refractivity contribution in [3.63, 3.8) is 0 Å². The van der Waals surface area contributed by atoms with Gasteiger partial charge in [-0.25, -0.2) is 0 Å². The molecule has 2 rings (SSSR count). The topological polar surface area (TPSA) is 62.1 Å². The molecule has 0 amide bonds.